The summed E-state index contributed by atoms with van der Waals surface area (Å²) in [4.78, 5) is 8.25. The zero-order chi connectivity index (χ0) is 25.5. The molecule has 190 valence electrons. The fourth-order valence-electron chi connectivity index (χ4n) is 4.69. The van der Waals surface area contributed by atoms with E-state index in [1.807, 2.05) is 61.2 Å². The molecule has 2 aromatic carbocycles. The Labute approximate surface area is 219 Å². The van der Waals surface area contributed by atoms with Gasteiger partial charge in [-0.2, -0.15) is 5.10 Å². The highest BCUT2D eigenvalue weighted by atomic mass is 32.2. The lowest BCUT2D eigenvalue weighted by Crippen LogP contribution is -2.44. The van der Waals surface area contributed by atoms with Gasteiger partial charge in [-0.05, 0) is 87.1 Å². The molecule has 7 heteroatoms. The fourth-order valence-corrected chi connectivity index (χ4v) is 5.04. The maximum absolute atomic E-state index is 6.35. The SMILES string of the molecule is CC.CC(C)(CN1CCCCC1)Oc1ccc(-c2cnc3c(-c4cccc(SN)c4)cnn3c2)cc1. The first-order chi connectivity index (χ1) is 17.5. The van der Waals surface area contributed by atoms with E-state index in [4.69, 9.17) is 14.9 Å². The first-order valence-electron chi connectivity index (χ1n) is 12.8. The maximum atomic E-state index is 6.35. The molecule has 6 nitrogen and oxygen atoms in total. The summed E-state index contributed by atoms with van der Waals surface area (Å²) in [5, 5.41) is 10.3. The number of benzene rings is 2. The largest absolute Gasteiger partial charge is 0.487 e. The van der Waals surface area contributed by atoms with Crippen LogP contribution in [0.5, 0.6) is 5.75 Å². The van der Waals surface area contributed by atoms with Crippen LogP contribution in [0.25, 0.3) is 27.9 Å². The number of hydrogen-bond acceptors (Lipinski definition) is 6. The highest BCUT2D eigenvalue weighted by molar-refractivity contribution is 7.97. The molecular formula is C29H37N5OS. The Morgan fingerprint density at radius 3 is 2.42 bits per heavy atom. The number of aromatic nitrogens is 3. The van der Waals surface area contributed by atoms with Crippen molar-refractivity contribution in [1.29, 1.82) is 0 Å². The molecule has 0 unspecified atom stereocenters. The minimum absolute atomic E-state index is 0.232. The van der Waals surface area contributed by atoms with Gasteiger partial charge in [0.1, 0.15) is 11.4 Å². The molecule has 0 amide bonds. The number of rotatable bonds is 7. The highest BCUT2D eigenvalue weighted by Gasteiger charge is 2.24. The Morgan fingerprint density at radius 1 is 0.944 bits per heavy atom. The van der Waals surface area contributed by atoms with Crippen LogP contribution in [0.2, 0.25) is 0 Å². The molecule has 36 heavy (non-hydrogen) atoms. The summed E-state index contributed by atoms with van der Waals surface area (Å²) in [5.74, 6) is 0.888. The van der Waals surface area contributed by atoms with Crippen LogP contribution in [0, 0.1) is 0 Å². The lowest BCUT2D eigenvalue weighted by molar-refractivity contribution is 0.0520. The van der Waals surface area contributed by atoms with E-state index >= 15 is 0 Å². The van der Waals surface area contributed by atoms with Crippen LogP contribution >= 0.6 is 11.9 Å². The van der Waals surface area contributed by atoms with Crippen molar-refractivity contribution in [2.24, 2.45) is 5.14 Å². The topological polar surface area (TPSA) is 68.7 Å². The zero-order valence-electron chi connectivity index (χ0n) is 21.8. The van der Waals surface area contributed by atoms with Crippen LogP contribution in [0.1, 0.15) is 47.0 Å². The van der Waals surface area contributed by atoms with E-state index in [2.05, 4.69) is 48.1 Å². The number of hydrogen-bond donors (Lipinski definition) is 1. The van der Waals surface area contributed by atoms with Gasteiger partial charge in [0.2, 0.25) is 0 Å². The first kappa shape index (κ1) is 26.2. The van der Waals surface area contributed by atoms with Gasteiger partial charge in [-0.15, -0.1) is 0 Å². The van der Waals surface area contributed by atoms with Gasteiger partial charge in [0, 0.05) is 35.0 Å². The van der Waals surface area contributed by atoms with Gasteiger partial charge in [0.05, 0.1) is 6.20 Å². The van der Waals surface area contributed by atoms with Gasteiger partial charge in [-0.25, -0.2) is 9.50 Å². The van der Waals surface area contributed by atoms with Gasteiger partial charge in [0.15, 0.2) is 5.65 Å². The van der Waals surface area contributed by atoms with Crippen LogP contribution in [-0.2, 0) is 0 Å². The third-order valence-electron chi connectivity index (χ3n) is 6.27. The second-order valence-electron chi connectivity index (χ2n) is 9.54. The van der Waals surface area contributed by atoms with E-state index < -0.39 is 0 Å². The van der Waals surface area contributed by atoms with Gasteiger partial charge < -0.3 is 4.74 Å². The average molecular weight is 504 g/mol. The molecule has 0 aliphatic carbocycles. The van der Waals surface area contributed by atoms with Crippen LogP contribution in [-0.4, -0.2) is 44.7 Å². The van der Waals surface area contributed by atoms with Crippen molar-refractivity contribution < 1.29 is 4.74 Å². The van der Waals surface area contributed by atoms with E-state index in [0.29, 0.717) is 0 Å². The molecule has 0 atom stereocenters. The Bertz CT molecular complexity index is 1260. The molecule has 4 aromatic rings. The number of fused-ring (bicyclic) bond motifs is 1. The molecule has 0 spiro atoms. The van der Waals surface area contributed by atoms with Crippen LogP contribution < -0.4 is 9.88 Å². The van der Waals surface area contributed by atoms with Crippen LogP contribution in [0.3, 0.4) is 0 Å². The summed E-state index contributed by atoms with van der Waals surface area (Å²) < 4.78 is 8.18. The average Bonchev–Trinajstić information content (AvgIpc) is 3.34. The summed E-state index contributed by atoms with van der Waals surface area (Å²) in [6.45, 7) is 11.6. The molecule has 3 heterocycles. The van der Waals surface area contributed by atoms with Gasteiger partial charge in [-0.3, -0.25) is 10.0 Å². The molecule has 2 aromatic heterocycles. The number of piperidine rings is 1. The Morgan fingerprint density at radius 2 is 1.69 bits per heavy atom. The van der Waals surface area contributed by atoms with E-state index in [-0.39, 0.29) is 5.60 Å². The van der Waals surface area contributed by atoms with E-state index in [1.165, 1.54) is 44.3 Å². The quantitative estimate of drug-likeness (QED) is 0.283. The van der Waals surface area contributed by atoms with Crippen LogP contribution in [0.15, 0.2) is 72.0 Å². The Hall–Kier alpha value is -2.87. The second kappa shape index (κ2) is 11.9. The lowest BCUT2D eigenvalue weighted by atomic mass is 10.1. The smallest absolute Gasteiger partial charge is 0.162 e. The minimum Gasteiger partial charge on any atom is -0.487 e. The van der Waals surface area contributed by atoms with Crippen LogP contribution in [0.4, 0.5) is 0 Å². The predicted octanol–water partition coefficient (Wildman–Crippen LogP) is 6.70. The molecular weight excluding hydrogens is 466 g/mol. The molecule has 1 saturated heterocycles. The summed E-state index contributed by atoms with van der Waals surface area (Å²) in [7, 11) is 0. The van der Waals surface area contributed by atoms with Crippen molar-refractivity contribution in [3.8, 4) is 28.0 Å². The molecule has 2 N–H and O–H groups in total. The molecule has 0 bridgehead atoms. The maximum Gasteiger partial charge on any atom is 0.162 e. The standard InChI is InChI=1S/C27H31N5OS.C2H6/c1-27(2,19-31-13-4-3-5-14-31)33-23-11-9-20(10-12-23)22-16-29-26-25(17-30-32(26)18-22)21-7-6-8-24(15-21)34-28;1-2/h6-12,15-18H,3-5,13-14,19,28H2,1-2H3;1-2H3. The van der Waals surface area contributed by atoms with Crippen molar-refractivity contribution in [3.05, 3.63) is 67.1 Å². The third kappa shape index (κ3) is 6.27. The van der Waals surface area contributed by atoms with E-state index in [9.17, 15) is 0 Å². The summed E-state index contributed by atoms with van der Waals surface area (Å²) in [5.41, 5.74) is 4.72. The van der Waals surface area contributed by atoms with Crippen molar-refractivity contribution >= 4 is 17.6 Å². The molecule has 1 aliphatic heterocycles. The molecule has 0 saturated carbocycles. The van der Waals surface area contributed by atoms with Crippen molar-refractivity contribution in [1.82, 2.24) is 19.5 Å². The summed E-state index contributed by atoms with van der Waals surface area (Å²) in [6, 6.07) is 16.4. The molecule has 1 aliphatic rings. The monoisotopic (exact) mass is 503 g/mol. The number of nitrogens with zero attached hydrogens (tertiary/aromatic N) is 4. The zero-order valence-corrected chi connectivity index (χ0v) is 22.6. The molecule has 0 radical (unpaired) electrons. The predicted molar refractivity (Wildman–Crippen MR) is 150 cm³/mol. The van der Waals surface area contributed by atoms with E-state index in [0.717, 1.165) is 45.1 Å². The number of ether oxygens (including phenoxy) is 1. The molecule has 1 fully saturated rings. The first-order valence-corrected chi connectivity index (χ1v) is 13.7. The number of nitrogens with two attached hydrogens (primary N) is 1. The van der Waals surface area contributed by atoms with Gasteiger partial charge in [-0.1, -0.05) is 44.5 Å². The van der Waals surface area contributed by atoms with Gasteiger partial charge in [0.25, 0.3) is 0 Å². The van der Waals surface area contributed by atoms with E-state index in [1.54, 1.807) is 0 Å². The Balaban J connectivity index is 0.00000148. The minimum atomic E-state index is -0.232. The second-order valence-corrected chi connectivity index (χ2v) is 10.2. The lowest BCUT2D eigenvalue weighted by Gasteiger charge is -2.35. The molecule has 5 rings (SSSR count). The third-order valence-corrected chi connectivity index (χ3v) is 6.80. The van der Waals surface area contributed by atoms with Crippen molar-refractivity contribution in [2.75, 3.05) is 19.6 Å². The highest BCUT2D eigenvalue weighted by Crippen LogP contribution is 2.29. The van der Waals surface area contributed by atoms with Gasteiger partial charge >= 0.3 is 0 Å². The Kier molecular flexibility index (Phi) is 8.67. The van der Waals surface area contributed by atoms with Crippen molar-refractivity contribution in [2.45, 2.75) is 57.5 Å². The summed E-state index contributed by atoms with van der Waals surface area (Å²) >= 11 is 1.24. The number of likely N-dealkylation sites (tertiary alicyclic amines) is 1. The van der Waals surface area contributed by atoms with Crippen molar-refractivity contribution in [3.63, 3.8) is 0 Å². The fraction of sp³-hybridized carbons (Fsp3) is 0.379. The normalized spacial score (nSPS) is 14.4. The summed E-state index contributed by atoms with van der Waals surface area (Å²) in [6.07, 6.45) is 9.70.